The highest BCUT2D eigenvalue weighted by molar-refractivity contribution is 6.07. The van der Waals surface area contributed by atoms with Crippen molar-refractivity contribution in [1.82, 2.24) is 25.1 Å². The van der Waals surface area contributed by atoms with Crippen LogP contribution in [-0.2, 0) is 16.6 Å². The number of imidazole rings is 1. The number of nitrogens with one attached hydrogen (secondary N) is 2. The molecule has 8 nitrogen and oxygen atoms in total. The summed E-state index contributed by atoms with van der Waals surface area (Å²) in [6.07, 6.45) is 6.37. The molecular weight excluding hydrogens is 389 g/mol. The standard InChI is InChI=1S/C21H24FN5O3/c1-26-12-10-23-18(26)17(14-5-4-6-15(22)13-14)24-16(28)7-11-27-19(29)21(25-20(27)30)8-2-3-9-21/h4-6,10,12-13,17H,2-3,7-9,11H2,1H3,(H,24,28)(H,25,30). The van der Waals surface area contributed by atoms with E-state index >= 15 is 0 Å². The Hall–Kier alpha value is -3.23. The molecule has 2 aromatic rings. The van der Waals surface area contributed by atoms with Crippen LogP contribution in [0, 0.1) is 5.82 Å². The molecule has 4 amide bonds. The van der Waals surface area contributed by atoms with Gasteiger partial charge in [-0.1, -0.05) is 25.0 Å². The highest BCUT2D eigenvalue weighted by Gasteiger charge is 2.52. The number of rotatable bonds is 6. The van der Waals surface area contributed by atoms with Gasteiger partial charge in [0.2, 0.25) is 5.91 Å². The first-order valence-electron chi connectivity index (χ1n) is 10.1. The molecule has 1 spiro atoms. The van der Waals surface area contributed by atoms with Crippen LogP contribution in [0.15, 0.2) is 36.7 Å². The molecule has 2 fully saturated rings. The van der Waals surface area contributed by atoms with Gasteiger partial charge in [0.05, 0.1) is 0 Å². The van der Waals surface area contributed by atoms with Gasteiger partial charge >= 0.3 is 6.03 Å². The molecule has 2 aliphatic rings. The number of carbonyl (C=O) groups excluding carboxylic acids is 3. The van der Waals surface area contributed by atoms with Gasteiger partial charge in [-0.3, -0.25) is 14.5 Å². The maximum Gasteiger partial charge on any atom is 0.325 e. The Morgan fingerprint density at radius 2 is 2.10 bits per heavy atom. The summed E-state index contributed by atoms with van der Waals surface area (Å²) in [5, 5.41) is 5.67. The lowest BCUT2D eigenvalue weighted by atomic mass is 9.98. The van der Waals surface area contributed by atoms with Gasteiger partial charge in [-0.15, -0.1) is 0 Å². The van der Waals surface area contributed by atoms with Crippen LogP contribution in [0.3, 0.4) is 0 Å². The van der Waals surface area contributed by atoms with Crippen molar-refractivity contribution in [3.63, 3.8) is 0 Å². The zero-order valence-electron chi connectivity index (χ0n) is 16.7. The number of imide groups is 1. The number of benzene rings is 1. The molecule has 4 rings (SSSR count). The fraction of sp³-hybridized carbons (Fsp3) is 0.429. The van der Waals surface area contributed by atoms with Crippen LogP contribution < -0.4 is 10.6 Å². The summed E-state index contributed by atoms with van der Waals surface area (Å²) < 4.78 is 15.5. The van der Waals surface area contributed by atoms with Crippen molar-refractivity contribution >= 4 is 17.8 Å². The summed E-state index contributed by atoms with van der Waals surface area (Å²) in [5.41, 5.74) is -0.234. The zero-order valence-corrected chi connectivity index (χ0v) is 16.7. The van der Waals surface area contributed by atoms with Gasteiger partial charge in [-0.2, -0.15) is 0 Å². The Balaban J connectivity index is 1.45. The molecule has 1 aromatic carbocycles. The van der Waals surface area contributed by atoms with Gasteiger partial charge < -0.3 is 15.2 Å². The maximum atomic E-state index is 13.8. The van der Waals surface area contributed by atoms with E-state index in [0.29, 0.717) is 24.2 Å². The molecule has 0 bridgehead atoms. The van der Waals surface area contributed by atoms with Gasteiger partial charge in [-0.25, -0.2) is 14.2 Å². The maximum absolute atomic E-state index is 13.8. The van der Waals surface area contributed by atoms with Crippen LogP contribution >= 0.6 is 0 Å². The third-order valence-electron chi connectivity index (χ3n) is 5.87. The number of hydrogen-bond donors (Lipinski definition) is 2. The summed E-state index contributed by atoms with van der Waals surface area (Å²) in [7, 11) is 1.79. The minimum Gasteiger partial charge on any atom is -0.342 e. The normalized spacial score (nSPS) is 18.7. The minimum absolute atomic E-state index is 0.00527. The number of hydrogen-bond acceptors (Lipinski definition) is 4. The Morgan fingerprint density at radius 3 is 2.77 bits per heavy atom. The molecule has 0 radical (unpaired) electrons. The van der Waals surface area contributed by atoms with Crippen LogP contribution in [-0.4, -0.2) is 44.4 Å². The molecule has 1 aliphatic carbocycles. The van der Waals surface area contributed by atoms with Gasteiger partial charge in [-0.05, 0) is 30.5 Å². The Kier molecular flexibility index (Phi) is 5.27. The highest BCUT2D eigenvalue weighted by atomic mass is 19.1. The second kappa shape index (κ2) is 7.89. The number of halogens is 1. The Bertz CT molecular complexity index is 983. The second-order valence-electron chi connectivity index (χ2n) is 7.88. The van der Waals surface area contributed by atoms with E-state index in [-0.39, 0.29) is 24.8 Å². The van der Waals surface area contributed by atoms with Gasteiger partial charge in [0, 0.05) is 32.4 Å². The second-order valence-corrected chi connectivity index (χ2v) is 7.88. The van der Waals surface area contributed by atoms with Crippen LogP contribution in [0.2, 0.25) is 0 Å². The predicted molar refractivity (Wildman–Crippen MR) is 106 cm³/mol. The fourth-order valence-corrected chi connectivity index (χ4v) is 4.28. The van der Waals surface area contributed by atoms with E-state index in [9.17, 15) is 18.8 Å². The predicted octanol–water partition coefficient (Wildman–Crippen LogP) is 2.02. The van der Waals surface area contributed by atoms with Crippen LogP contribution in [0.1, 0.15) is 49.5 Å². The lowest BCUT2D eigenvalue weighted by Crippen LogP contribution is -2.44. The molecule has 2 N–H and O–H groups in total. The highest BCUT2D eigenvalue weighted by Crippen LogP contribution is 2.35. The van der Waals surface area contributed by atoms with E-state index in [2.05, 4.69) is 15.6 Å². The summed E-state index contributed by atoms with van der Waals surface area (Å²) in [6.45, 7) is -0.00527. The topological polar surface area (TPSA) is 96.3 Å². The molecule has 2 heterocycles. The van der Waals surface area contributed by atoms with Crippen molar-refractivity contribution in [2.75, 3.05) is 6.54 Å². The zero-order chi connectivity index (χ0) is 21.3. The monoisotopic (exact) mass is 413 g/mol. The van der Waals surface area contributed by atoms with Gasteiger partial charge in [0.25, 0.3) is 5.91 Å². The number of amides is 4. The molecular formula is C21H24FN5O3. The SMILES string of the molecule is Cn1ccnc1C(NC(=O)CCN1C(=O)NC2(CCCC2)C1=O)c1cccc(F)c1. The van der Waals surface area contributed by atoms with E-state index in [4.69, 9.17) is 0 Å². The van der Waals surface area contributed by atoms with E-state index in [1.54, 1.807) is 36.1 Å². The Morgan fingerprint density at radius 1 is 1.33 bits per heavy atom. The first-order valence-corrected chi connectivity index (χ1v) is 10.1. The van der Waals surface area contributed by atoms with Crippen LogP contribution in [0.25, 0.3) is 0 Å². The Labute approximate surface area is 173 Å². The van der Waals surface area contributed by atoms with Crippen molar-refractivity contribution in [3.05, 3.63) is 53.9 Å². The molecule has 158 valence electrons. The molecule has 1 aromatic heterocycles. The molecule has 30 heavy (non-hydrogen) atoms. The van der Waals surface area contributed by atoms with Gasteiger partial charge in [0.1, 0.15) is 23.2 Å². The number of urea groups is 1. The fourth-order valence-electron chi connectivity index (χ4n) is 4.28. The first-order chi connectivity index (χ1) is 14.4. The molecule has 1 atom stereocenters. The van der Waals surface area contributed by atoms with Gasteiger partial charge in [0.15, 0.2) is 0 Å². The lowest BCUT2D eigenvalue weighted by molar-refractivity contribution is -0.131. The molecule has 1 unspecified atom stereocenters. The van der Waals surface area contributed by atoms with E-state index in [0.717, 1.165) is 17.7 Å². The van der Waals surface area contributed by atoms with E-state index < -0.39 is 23.4 Å². The molecule has 1 saturated heterocycles. The summed E-state index contributed by atoms with van der Waals surface area (Å²) in [6, 6.07) is 4.86. The number of carbonyl (C=O) groups is 3. The van der Waals surface area contributed by atoms with Crippen molar-refractivity contribution in [1.29, 1.82) is 0 Å². The quantitative estimate of drug-likeness (QED) is 0.708. The first kappa shape index (κ1) is 20.1. The van der Waals surface area contributed by atoms with Crippen LogP contribution in [0.4, 0.5) is 9.18 Å². The molecule has 1 saturated carbocycles. The molecule has 1 aliphatic heterocycles. The summed E-state index contributed by atoms with van der Waals surface area (Å²) in [5.74, 6) is -0.472. The minimum atomic E-state index is -0.787. The number of nitrogens with zero attached hydrogens (tertiary/aromatic N) is 3. The van der Waals surface area contributed by atoms with Crippen molar-refractivity contribution in [2.24, 2.45) is 7.05 Å². The molecule has 9 heteroatoms. The number of aryl methyl sites for hydroxylation is 1. The van der Waals surface area contributed by atoms with Crippen molar-refractivity contribution < 1.29 is 18.8 Å². The largest absolute Gasteiger partial charge is 0.342 e. The average Bonchev–Trinajstić information content (AvgIpc) is 3.40. The van der Waals surface area contributed by atoms with Crippen LogP contribution in [0.5, 0.6) is 0 Å². The number of aromatic nitrogens is 2. The van der Waals surface area contributed by atoms with E-state index in [1.165, 1.54) is 12.1 Å². The summed E-state index contributed by atoms with van der Waals surface area (Å²) >= 11 is 0. The average molecular weight is 413 g/mol. The third-order valence-corrected chi connectivity index (χ3v) is 5.87. The smallest absolute Gasteiger partial charge is 0.325 e. The third kappa shape index (κ3) is 3.67. The summed E-state index contributed by atoms with van der Waals surface area (Å²) in [4.78, 5) is 43.1. The van der Waals surface area contributed by atoms with Crippen molar-refractivity contribution in [2.45, 2.75) is 43.7 Å². The lowest BCUT2D eigenvalue weighted by Gasteiger charge is -2.21. The van der Waals surface area contributed by atoms with E-state index in [1.807, 2.05) is 0 Å². The van der Waals surface area contributed by atoms with Crippen molar-refractivity contribution in [3.8, 4) is 0 Å².